The second-order valence-corrected chi connectivity index (χ2v) is 6.45. The van der Waals surface area contributed by atoms with Gasteiger partial charge in [-0.3, -0.25) is 4.79 Å². The summed E-state index contributed by atoms with van der Waals surface area (Å²) in [6.07, 6.45) is 0. The molecule has 0 atom stereocenters. The number of rotatable bonds is 4. The third-order valence-corrected chi connectivity index (χ3v) is 4.64. The first-order valence-electron chi connectivity index (χ1n) is 7.15. The van der Waals surface area contributed by atoms with Gasteiger partial charge in [-0.15, -0.1) is 23.7 Å². The summed E-state index contributed by atoms with van der Waals surface area (Å²) in [4.78, 5) is 16.6. The normalized spacial score (nSPS) is 14.1. The van der Waals surface area contributed by atoms with Crippen molar-refractivity contribution in [1.82, 2.24) is 15.6 Å². The predicted octanol–water partition coefficient (Wildman–Crippen LogP) is 2.80. The van der Waals surface area contributed by atoms with Crippen LogP contribution in [0.3, 0.4) is 0 Å². The molecule has 0 radical (unpaired) electrons. The Kier molecular flexibility index (Phi) is 5.56. The van der Waals surface area contributed by atoms with Gasteiger partial charge in [0.2, 0.25) is 0 Å². The van der Waals surface area contributed by atoms with Gasteiger partial charge in [0, 0.05) is 36.5 Å². The van der Waals surface area contributed by atoms with Crippen LogP contribution in [-0.4, -0.2) is 30.5 Å². The molecular weight excluding hydrogens is 318 g/mol. The number of hydrogen-bond donors (Lipinski definition) is 2. The summed E-state index contributed by atoms with van der Waals surface area (Å²) in [5.41, 5.74) is 4.05. The lowest BCUT2D eigenvalue weighted by Gasteiger charge is -2.26. The average molecular weight is 338 g/mol. The number of aryl methyl sites for hydroxylation is 2. The van der Waals surface area contributed by atoms with Crippen molar-refractivity contribution in [3.8, 4) is 10.6 Å². The smallest absolute Gasteiger partial charge is 0.270 e. The molecule has 22 heavy (non-hydrogen) atoms. The van der Waals surface area contributed by atoms with E-state index in [1.54, 1.807) is 0 Å². The Bertz CT molecular complexity index is 667. The SMILES string of the molecule is Cc1ccc(-c2nc(C(=O)NCC3CNC3)cs2)c(C)c1.Cl. The first-order valence-corrected chi connectivity index (χ1v) is 8.03. The molecule has 0 unspecified atom stereocenters. The molecule has 1 aliphatic rings. The number of nitrogens with one attached hydrogen (secondary N) is 2. The van der Waals surface area contributed by atoms with Crippen LogP contribution >= 0.6 is 23.7 Å². The largest absolute Gasteiger partial charge is 0.350 e. The molecule has 2 aromatic rings. The Balaban J connectivity index is 0.00000176. The van der Waals surface area contributed by atoms with Crippen LogP contribution in [0.1, 0.15) is 21.6 Å². The number of halogens is 1. The number of hydrogen-bond acceptors (Lipinski definition) is 4. The number of thiazole rings is 1. The molecule has 6 heteroatoms. The zero-order chi connectivity index (χ0) is 14.8. The lowest BCUT2D eigenvalue weighted by atomic mass is 10.0. The van der Waals surface area contributed by atoms with Gasteiger partial charge in [0.05, 0.1) is 0 Å². The fourth-order valence-electron chi connectivity index (χ4n) is 2.38. The van der Waals surface area contributed by atoms with Crippen LogP contribution in [0.2, 0.25) is 0 Å². The zero-order valence-corrected chi connectivity index (χ0v) is 14.3. The third kappa shape index (κ3) is 3.66. The van der Waals surface area contributed by atoms with Crippen molar-refractivity contribution >= 4 is 29.7 Å². The summed E-state index contributed by atoms with van der Waals surface area (Å²) < 4.78 is 0. The Labute approximate surface area is 140 Å². The fraction of sp³-hybridized carbons (Fsp3) is 0.375. The van der Waals surface area contributed by atoms with E-state index in [1.165, 1.54) is 22.5 Å². The summed E-state index contributed by atoms with van der Waals surface area (Å²) in [5.74, 6) is 0.487. The quantitative estimate of drug-likeness (QED) is 0.902. The lowest BCUT2D eigenvalue weighted by molar-refractivity contribution is 0.0938. The number of carbonyl (C=O) groups is 1. The maximum atomic E-state index is 12.1. The highest BCUT2D eigenvalue weighted by Crippen LogP contribution is 2.27. The molecule has 1 aliphatic heterocycles. The first-order chi connectivity index (χ1) is 10.1. The minimum Gasteiger partial charge on any atom is -0.350 e. The lowest BCUT2D eigenvalue weighted by Crippen LogP contribution is -2.48. The summed E-state index contributed by atoms with van der Waals surface area (Å²) >= 11 is 1.52. The van der Waals surface area contributed by atoms with Crippen molar-refractivity contribution in [3.05, 3.63) is 40.4 Å². The van der Waals surface area contributed by atoms with Gasteiger partial charge in [-0.25, -0.2) is 4.98 Å². The topological polar surface area (TPSA) is 54.0 Å². The number of benzene rings is 1. The Morgan fingerprint density at radius 1 is 1.41 bits per heavy atom. The van der Waals surface area contributed by atoms with E-state index >= 15 is 0 Å². The molecule has 1 aromatic heterocycles. The average Bonchev–Trinajstić information content (AvgIpc) is 2.86. The van der Waals surface area contributed by atoms with Crippen molar-refractivity contribution < 1.29 is 4.79 Å². The van der Waals surface area contributed by atoms with Gasteiger partial charge in [-0.05, 0) is 19.4 Å². The minimum atomic E-state index is -0.0748. The summed E-state index contributed by atoms with van der Waals surface area (Å²) in [5, 5.41) is 8.89. The number of nitrogens with zero attached hydrogens (tertiary/aromatic N) is 1. The van der Waals surface area contributed by atoms with Crippen molar-refractivity contribution in [2.24, 2.45) is 5.92 Å². The first kappa shape index (κ1) is 16.9. The Morgan fingerprint density at radius 3 is 2.82 bits per heavy atom. The molecule has 0 spiro atoms. The molecule has 0 bridgehead atoms. The Hall–Kier alpha value is -1.43. The zero-order valence-electron chi connectivity index (χ0n) is 12.7. The molecule has 118 valence electrons. The molecular formula is C16H20ClN3OS. The van der Waals surface area contributed by atoms with E-state index in [1.807, 2.05) is 5.38 Å². The molecule has 0 saturated carbocycles. The molecule has 1 saturated heterocycles. The monoisotopic (exact) mass is 337 g/mol. The second kappa shape index (κ2) is 7.22. The van der Waals surface area contributed by atoms with E-state index in [0.29, 0.717) is 11.6 Å². The third-order valence-electron chi connectivity index (χ3n) is 3.77. The van der Waals surface area contributed by atoms with E-state index in [2.05, 4.69) is 47.7 Å². The molecule has 4 nitrogen and oxygen atoms in total. The molecule has 2 heterocycles. The van der Waals surface area contributed by atoms with Crippen LogP contribution in [0.15, 0.2) is 23.6 Å². The van der Waals surface area contributed by atoms with E-state index in [4.69, 9.17) is 0 Å². The summed E-state index contributed by atoms with van der Waals surface area (Å²) in [7, 11) is 0. The van der Waals surface area contributed by atoms with E-state index in [9.17, 15) is 4.79 Å². The van der Waals surface area contributed by atoms with Crippen molar-refractivity contribution in [3.63, 3.8) is 0 Å². The summed E-state index contributed by atoms with van der Waals surface area (Å²) in [6, 6.07) is 6.29. The van der Waals surface area contributed by atoms with Crippen molar-refractivity contribution in [1.29, 1.82) is 0 Å². The van der Waals surface area contributed by atoms with Gasteiger partial charge < -0.3 is 10.6 Å². The van der Waals surface area contributed by atoms with Gasteiger partial charge in [0.1, 0.15) is 10.7 Å². The van der Waals surface area contributed by atoms with E-state index in [-0.39, 0.29) is 18.3 Å². The van der Waals surface area contributed by atoms with Crippen LogP contribution in [0.25, 0.3) is 10.6 Å². The van der Waals surface area contributed by atoms with E-state index < -0.39 is 0 Å². The fourth-order valence-corrected chi connectivity index (χ4v) is 3.27. The van der Waals surface area contributed by atoms with Crippen LogP contribution in [0.5, 0.6) is 0 Å². The maximum absolute atomic E-state index is 12.1. The van der Waals surface area contributed by atoms with Gasteiger partial charge in [-0.1, -0.05) is 23.8 Å². The highest BCUT2D eigenvalue weighted by molar-refractivity contribution is 7.13. The number of aromatic nitrogens is 1. The summed E-state index contributed by atoms with van der Waals surface area (Å²) in [6.45, 7) is 6.86. The van der Waals surface area contributed by atoms with Gasteiger partial charge >= 0.3 is 0 Å². The van der Waals surface area contributed by atoms with Crippen molar-refractivity contribution in [2.75, 3.05) is 19.6 Å². The molecule has 0 aliphatic carbocycles. The van der Waals surface area contributed by atoms with Crippen LogP contribution < -0.4 is 10.6 Å². The van der Waals surface area contributed by atoms with Crippen LogP contribution in [-0.2, 0) is 0 Å². The van der Waals surface area contributed by atoms with Crippen molar-refractivity contribution in [2.45, 2.75) is 13.8 Å². The standard InChI is InChI=1S/C16H19N3OS.ClH/c1-10-3-4-13(11(2)5-10)16-19-14(9-21-16)15(20)18-8-12-6-17-7-12;/h3-5,9,12,17H,6-8H2,1-2H3,(H,18,20);1H. The molecule has 1 fully saturated rings. The minimum absolute atomic E-state index is 0. The number of amides is 1. The van der Waals surface area contributed by atoms with Gasteiger partial charge in [0.15, 0.2) is 0 Å². The maximum Gasteiger partial charge on any atom is 0.270 e. The molecule has 1 amide bonds. The van der Waals surface area contributed by atoms with Gasteiger partial charge in [0.25, 0.3) is 5.91 Å². The second-order valence-electron chi connectivity index (χ2n) is 5.59. The highest BCUT2D eigenvalue weighted by atomic mass is 35.5. The van der Waals surface area contributed by atoms with Gasteiger partial charge in [-0.2, -0.15) is 0 Å². The molecule has 3 rings (SSSR count). The molecule has 1 aromatic carbocycles. The van der Waals surface area contributed by atoms with Crippen LogP contribution in [0, 0.1) is 19.8 Å². The van der Waals surface area contributed by atoms with E-state index in [0.717, 1.165) is 30.2 Å². The highest BCUT2D eigenvalue weighted by Gasteiger charge is 2.19. The molecule has 2 N–H and O–H groups in total. The van der Waals surface area contributed by atoms with Crippen LogP contribution in [0.4, 0.5) is 0 Å². The Morgan fingerprint density at radius 2 is 2.18 bits per heavy atom. The predicted molar refractivity (Wildman–Crippen MR) is 93.0 cm³/mol. The number of carbonyl (C=O) groups excluding carboxylic acids is 1.